The number of anilines is 1. The van der Waals surface area contributed by atoms with E-state index in [1.807, 2.05) is 49.4 Å². The number of benzene rings is 3. The van der Waals surface area contributed by atoms with Gasteiger partial charge in [-0.05, 0) is 68.4 Å². The zero-order valence-corrected chi connectivity index (χ0v) is 24.9. The maximum atomic E-state index is 13.2. The highest BCUT2D eigenvalue weighted by molar-refractivity contribution is 7.17. The number of nitrogens with zero attached hydrogens (tertiary/aromatic N) is 1. The summed E-state index contributed by atoms with van der Waals surface area (Å²) in [6, 6.07) is 23.3. The van der Waals surface area contributed by atoms with Gasteiger partial charge in [-0.1, -0.05) is 60.2 Å². The lowest BCUT2D eigenvalue weighted by molar-refractivity contribution is -0.123. The van der Waals surface area contributed by atoms with Crippen LogP contribution in [0.5, 0.6) is 0 Å². The van der Waals surface area contributed by atoms with Crippen molar-refractivity contribution in [3.63, 3.8) is 0 Å². The molecule has 1 aliphatic rings. The van der Waals surface area contributed by atoms with E-state index < -0.39 is 23.9 Å². The third-order valence-corrected chi connectivity index (χ3v) is 9.03. The predicted octanol–water partition coefficient (Wildman–Crippen LogP) is 6.84. The van der Waals surface area contributed by atoms with Gasteiger partial charge in [0.2, 0.25) is 0 Å². The van der Waals surface area contributed by atoms with Crippen LogP contribution in [0.1, 0.15) is 61.5 Å². The maximum Gasteiger partial charge on any atom is 0.341 e. The number of rotatable bonds is 7. The lowest BCUT2D eigenvalue weighted by Gasteiger charge is -2.22. The van der Waals surface area contributed by atoms with Crippen molar-refractivity contribution in [1.82, 2.24) is 9.97 Å². The first-order chi connectivity index (χ1) is 20.8. The molecule has 0 bridgehead atoms. The molecule has 1 aliphatic carbocycles. The number of hydrogen-bond donors (Lipinski definition) is 2. The highest BCUT2D eigenvalue weighted by atomic mass is 32.1. The zero-order chi connectivity index (χ0) is 30.1. The molecule has 3 aromatic carbocycles. The van der Waals surface area contributed by atoms with E-state index in [1.165, 1.54) is 30.9 Å². The number of amides is 1. The SMILES string of the molecule is COC(=O)c1c(NC(=O)C(C)OC(=O)c2ccc3nc(-c4ccc(C)cc4)[nH]c3c2)sc2c1CCC(c1ccccc1)C2. The first-order valence-electron chi connectivity index (χ1n) is 14.2. The quantitative estimate of drug-likeness (QED) is 0.200. The molecule has 0 spiro atoms. The normalized spacial score (nSPS) is 15.0. The topological polar surface area (TPSA) is 110 Å². The molecule has 2 unspecified atom stereocenters. The van der Waals surface area contributed by atoms with Gasteiger partial charge in [0.25, 0.3) is 5.91 Å². The smallest absolute Gasteiger partial charge is 0.341 e. The molecular formula is C34H31N3O5S. The average molecular weight is 594 g/mol. The van der Waals surface area contributed by atoms with E-state index >= 15 is 0 Å². The molecule has 2 aromatic heterocycles. The van der Waals surface area contributed by atoms with Crippen molar-refractivity contribution in [3.8, 4) is 11.4 Å². The van der Waals surface area contributed by atoms with Crippen LogP contribution in [0, 0.1) is 6.92 Å². The molecule has 5 aromatic rings. The molecule has 2 N–H and O–H groups in total. The highest BCUT2D eigenvalue weighted by Crippen LogP contribution is 2.43. The van der Waals surface area contributed by atoms with Crippen LogP contribution in [0.25, 0.3) is 22.4 Å². The fraction of sp³-hybridized carbons (Fsp3) is 0.235. The van der Waals surface area contributed by atoms with Crippen molar-refractivity contribution in [1.29, 1.82) is 0 Å². The summed E-state index contributed by atoms with van der Waals surface area (Å²) < 4.78 is 10.6. The second-order valence-corrected chi connectivity index (χ2v) is 11.9. The second-order valence-electron chi connectivity index (χ2n) is 10.8. The van der Waals surface area contributed by atoms with Crippen LogP contribution in [-0.2, 0) is 27.1 Å². The van der Waals surface area contributed by atoms with Gasteiger partial charge >= 0.3 is 11.9 Å². The number of aryl methyl sites for hydroxylation is 1. The van der Waals surface area contributed by atoms with E-state index in [1.54, 1.807) is 18.2 Å². The summed E-state index contributed by atoms with van der Waals surface area (Å²) in [5.74, 6) is -0.625. The minimum Gasteiger partial charge on any atom is -0.465 e. The Bertz CT molecular complexity index is 1820. The molecule has 218 valence electrons. The summed E-state index contributed by atoms with van der Waals surface area (Å²) in [6.45, 7) is 3.53. The zero-order valence-electron chi connectivity index (χ0n) is 24.1. The molecular weight excluding hydrogens is 562 g/mol. The van der Waals surface area contributed by atoms with Gasteiger partial charge in [-0.2, -0.15) is 0 Å². The van der Waals surface area contributed by atoms with Crippen LogP contribution < -0.4 is 5.32 Å². The minimum atomic E-state index is -1.10. The molecule has 1 amide bonds. The molecule has 0 saturated carbocycles. The summed E-state index contributed by atoms with van der Waals surface area (Å²) in [5, 5.41) is 3.25. The third kappa shape index (κ3) is 5.81. The van der Waals surface area contributed by atoms with Gasteiger partial charge in [0.15, 0.2) is 6.10 Å². The number of nitrogens with one attached hydrogen (secondary N) is 2. The Balaban J connectivity index is 1.16. The van der Waals surface area contributed by atoms with E-state index in [4.69, 9.17) is 9.47 Å². The van der Waals surface area contributed by atoms with E-state index in [2.05, 4.69) is 27.4 Å². The molecule has 0 radical (unpaired) electrons. The first kappa shape index (κ1) is 28.4. The van der Waals surface area contributed by atoms with Crippen molar-refractivity contribution >= 4 is 45.2 Å². The van der Waals surface area contributed by atoms with Crippen LogP contribution in [0.2, 0.25) is 0 Å². The van der Waals surface area contributed by atoms with Crippen LogP contribution >= 0.6 is 11.3 Å². The number of esters is 2. The Morgan fingerprint density at radius 2 is 1.79 bits per heavy atom. The average Bonchev–Trinajstić information content (AvgIpc) is 3.61. The molecule has 2 heterocycles. The number of methoxy groups -OCH3 is 1. The summed E-state index contributed by atoms with van der Waals surface area (Å²) >= 11 is 1.38. The van der Waals surface area contributed by atoms with E-state index in [0.29, 0.717) is 45.3 Å². The number of carbonyl (C=O) groups is 3. The van der Waals surface area contributed by atoms with Gasteiger partial charge in [-0.3, -0.25) is 4.79 Å². The van der Waals surface area contributed by atoms with Crippen LogP contribution in [0.3, 0.4) is 0 Å². The predicted molar refractivity (Wildman–Crippen MR) is 167 cm³/mol. The molecule has 0 aliphatic heterocycles. The molecule has 9 heteroatoms. The summed E-state index contributed by atoms with van der Waals surface area (Å²) in [7, 11) is 1.33. The number of imidazole rings is 1. The Labute approximate surface area is 253 Å². The van der Waals surface area contributed by atoms with Gasteiger partial charge in [0.05, 0.1) is 29.3 Å². The fourth-order valence-corrected chi connectivity index (χ4v) is 6.80. The molecule has 0 saturated heterocycles. The molecule has 8 nitrogen and oxygen atoms in total. The third-order valence-electron chi connectivity index (χ3n) is 7.86. The molecule has 6 rings (SSSR count). The van der Waals surface area contributed by atoms with E-state index in [-0.39, 0.29) is 0 Å². The number of aromatic amines is 1. The molecule has 43 heavy (non-hydrogen) atoms. The standard InChI is InChI=1S/C34H31N3O5S/c1-19-9-11-22(12-10-19)30-35-26-16-14-24(17-27(26)36-30)33(39)42-20(2)31(38)37-32-29(34(40)41-3)25-15-13-23(18-28(25)43-32)21-7-5-4-6-8-21/h4-12,14,16-17,20,23H,13,15,18H2,1-3H3,(H,35,36)(H,37,38). The summed E-state index contributed by atoms with van der Waals surface area (Å²) in [5.41, 5.74) is 6.34. The first-order valence-corrected chi connectivity index (χ1v) is 15.0. The lowest BCUT2D eigenvalue weighted by Crippen LogP contribution is -2.30. The number of aromatic nitrogens is 2. The van der Waals surface area contributed by atoms with Crippen molar-refractivity contribution < 1.29 is 23.9 Å². The Morgan fingerprint density at radius 3 is 2.53 bits per heavy atom. The Kier molecular flexibility index (Phi) is 7.82. The molecule has 2 atom stereocenters. The lowest BCUT2D eigenvalue weighted by atomic mass is 9.83. The van der Waals surface area contributed by atoms with Gasteiger partial charge in [-0.15, -0.1) is 11.3 Å². The van der Waals surface area contributed by atoms with Crippen molar-refractivity contribution in [3.05, 3.63) is 105 Å². The second kappa shape index (κ2) is 11.9. The summed E-state index contributed by atoms with van der Waals surface area (Å²) in [6.07, 6.45) is 1.27. The van der Waals surface area contributed by atoms with Crippen molar-refractivity contribution in [2.75, 3.05) is 12.4 Å². The summed E-state index contributed by atoms with van der Waals surface area (Å²) in [4.78, 5) is 47.9. The highest BCUT2D eigenvalue weighted by Gasteiger charge is 2.31. The van der Waals surface area contributed by atoms with Crippen LogP contribution in [0.4, 0.5) is 5.00 Å². The van der Waals surface area contributed by atoms with E-state index in [9.17, 15) is 14.4 Å². The Morgan fingerprint density at radius 1 is 1.02 bits per heavy atom. The molecule has 0 fully saturated rings. The maximum absolute atomic E-state index is 13.2. The van der Waals surface area contributed by atoms with E-state index in [0.717, 1.165) is 34.4 Å². The Hall–Kier alpha value is -4.76. The number of H-pyrrole nitrogens is 1. The monoisotopic (exact) mass is 593 g/mol. The minimum absolute atomic E-state index is 0.292. The van der Waals surface area contributed by atoms with Gasteiger partial charge < -0.3 is 19.8 Å². The van der Waals surface area contributed by atoms with Crippen molar-refractivity contribution in [2.45, 2.75) is 45.1 Å². The number of hydrogen-bond acceptors (Lipinski definition) is 7. The number of thiophene rings is 1. The van der Waals surface area contributed by atoms with Gasteiger partial charge in [-0.25, -0.2) is 14.6 Å². The number of ether oxygens (including phenoxy) is 2. The fourth-order valence-electron chi connectivity index (χ4n) is 5.48. The number of fused-ring (bicyclic) bond motifs is 2. The van der Waals surface area contributed by atoms with Crippen LogP contribution in [-0.4, -0.2) is 41.0 Å². The van der Waals surface area contributed by atoms with Gasteiger partial charge in [0, 0.05) is 10.4 Å². The van der Waals surface area contributed by atoms with Gasteiger partial charge in [0.1, 0.15) is 10.8 Å². The van der Waals surface area contributed by atoms with Crippen molar-refractivity contribution in [2.24, 2.45) is 0 Å². The number of carbonyl (C=O) groups excluding carboxylic acids is 3. The largest absolute Gasteiger partial charge is 0.465 e. The van der Waals surface area contributed by atoms with Crippen LogP contribution in [0.15, 0.2) is 72.8 Å².